The molecule has 2 rings (SSSR count). The minimum atomic E-state index is -0.324. The van der Waals surface area contributed by atoms with E-state index in [1.165, 1.54) is 0 Å². The number of nitrogens with one attached hydrogen (secondary N) is 1. The van der Waals surface area contributed by atoms with E-state index in [4.69, 9.17) is 10.00 Å². The number of amides is 1. The molecule has 0 unspecified atom stereocenters. The van der Waals surface area contributed by atoms with Gasteiger partial charge in [-0.25, -0.2) is 0 Å². The Morgan fingerprint density at radius 2 is 2.00 bits per heavy atom. The number of morpholine rings is 1. The molecule has 1 aliphatic rings. The number of ether oxygens (including phenoxy) is 1. The lowest BCUT2D eigenvalue weighted by molar-refractivity contribution is -0.117. The predicted molar refractivity (Wildman–Crippen MR) is 87.5 cm³/mol. The molecule has 6 heteroatoms. The van der Waals surface area contributed by atoms with Crippen molar-refractivity contribution in [3.05, 3.63) is 41.5 Å². The van der Waals surface area contributed by atoms with Gasteiger partial charge in [-0.2, -0.15) is 5.26 Å². The van der Waals surface area contributed by atoms with Gasteiger partial charge >= 0.3 is 0 Å². The van der Waals surface area contributed by atoms with Crippen LogP contribution in [0.15, 0.2) is 35.9 Å². The Hall–Kier alpha value is -1.87. The number of nitriles is 1. The Morgan fingerprint density at radius 1 is 1.32 bits per heavy atom. The summed E-state index contributed by atoms with van der Waals surface area (Å²) in [5.74, 6) is -0.324. The lowest BCUT2D eigenvalue weighted by Gasteiger charge is -2.26. The smallest absolute Gasteiger partial charge is 0.261 e. The Balaban J connectivity index is 0.00000242. The largest absolute Gasteiger partial charge is 0.379 e. The van der Waals surface area contributed by atoms with Crippen molar-refractivity contribution in [3.63, 3.8) is 0 Å². The molecule has 22 heavy (non-hydrogen) atoms. The van der Waals surface area contributed by atoms with E-state index in [9.17, 15) is 4.79 Å². The number of carbonyl (C=O) groups excluding carboxylic acids is 1. The zero-order valence-electron chi connectivity index (χ0n) is 12.3. The molecule has 1 aromatic carbocycles. The summed E-state index contributed by atoms with van der Waals surface area (Å²) in [7, 11) is 0. The van der Waals surface area contributed by atoms with Gasteiger partial charge in [-0.05, 0) is 11.6 Å². The van der Waals surface area contributed by atoms with Crippen LogP contribution >= 0.6 is 12.4 Å². The van der Waals surface area contributed by atoms with Gasteiger partial charge in [0.2, 0.25) is 0 Å². The number of halogens is 1. The Labute approximate surface area is 137 Å². The lowest BCUT2D eigenvalue weighted by Crippen LogP contribution is -2.41. The van der Waals surface area contributed by atoms with Gasteiger partial charge in [0.05, 0.1) is 13.2 Å². The Morgan fingerprint density at radius 3 is 2.64 bits per heavy atom. The van der Waals surface area contributed by atoms with Crippen LogP contribution in [0.4, 0.5) is 0 Å². The summed E-state index contributed by atoms with van der Waals surface area (Å²) >= 11 is 0. The Kier molecular flexibility index (Phi) is 8.23. The summed E-state index contributed by atoms with van der Waals surface area (Å²) < 4.78 is 5.27. The maximum Gasteiger partial charge on any atom is 0.261 e. The second-order valence-corrected chi connectivity index (χ2v) is 4.79. The van der Waals surface area contributed by atoms with E-state index in [-0.39, 0.29) is 23.9 Å². The molecule has 1 heterocycles. The molecule has 0 spiro atoms. The van der Waals surface area contributed by atoms with Crippen LogP contribution in [0.3, 0.4) is 0 Å². The Bertz CT molecular complexity index is 534. The van der Waals surface area contributed by atoms with Crippen LogP contribution in [0.2, 0.25) is 0 Å². The van der Waals surface area contributed by atoms with Crippen molar-refractivity contribution in [3.8, 4) is 6.07 Å². The van der Waals surface area contributed by atoms with E-state index in [2.05, 4.69) is 10.2 Å². The highest BCUT2D eigenvalue weighted by Crippen LogP contribution is 2.06. The van der Waals surface area contributed by atoms with E-state index in [1.54, 1.807) is 6.08 Å². The molecular formula is C16H20ClN3O2. The van der Waals surface area contributed by atoms with Gasteiger partial charge in [-0.1, -0.05) is 30.3 Å². The number of hydrogen-bond donors (Lipinski definition) is 1. The molecule has 0 bridgehead atoms. The zero-order valence-corrected chi connectivity index (χ0v) is 13.1. The summed E-state index contributed by atoms with van der Waals surface area (Å²) in [5, 5.41) is 11.9. The fourth-order valence-corrected chi connectivity index (χ4v) is 2.11. The molecule has 5 nitrogen and oxygen atoms in total. The average Bonchev–Trinajstić information content (AvgIpc) is 2.54. The van der Waals surface area contributed by atoms with Crippen LogP contribution in [0.25, 0.3) is 6.08 Å². The van der Waals surface area contributed by atoms with Gasteiger partial charge in [0.15, 0.2) is 0 Å². The third-order valence-electron chi connectivity index (χ3n) is 3.29. The van der Waals surface area contributed by atoms with Gasteiger partial charge in [-0.15, -0.1) is 12.4 Å². The SMILES string of the molecule is Cl.N#C/C(=C\c1ccccc1)C(=O)NCCN1CCOCC1. The first-order chi connectivity index (χ1) is 10.3. The maximum atomic E-state index is 12.0. The monoisotopic (exact) mass is 321 g/mol. The van der Waals surface area contributed by atoms with Crippen LogP contribution < -0.4 is 5.32 Å². The van der Waals surface area contributed by atoms with E-state index in [0.717, 1.165) is 38.4 Å². The van der Waals surface area contributed by atoms with Crippen LogP contribution in [-0.2, 0) is 9.53 Å². The molecule has 0 atom stereocenters. The molecular weight excluding hydrogens is 302 g/mol. The van der Waals surface area contributed by atoms with Crippen LogP contribution in [-0.4, -0.2) is 50.2 Å². The summed E-state index contributed by atoms with van der Waals surface area (Å²) in [6, 6.07) is 11.3. The minimum absolute atomic E-state index is 0. The minimum Gasteiger partial charge on any atom is -0.379 e. The fraction of sp³-hybridized carbons (Fsp3) is 0.375. The van der Waals surface area contributed by atoms with Gasteiger partial charge in [0, 0.05) is 26.2 Å². The van der Waals surface area contributed by atoms with Gasteiger partial charge in [0.25, 0.3) is 5.91 Å². The number of benzene rings is 1. The molecule has 118 valence electrons. The number of rotatable bonds is 5. The molecule has 1 saturated heterocycles. The average molecular weight is 322 g/mol. The van der Waals surface area contributed by atoms with E-state index in [1.807, 2.05) is 36.4 Å². The summed E-state index contributed by atoms with van der Waals surface area (Å²) in [5.41, 5.74) is 0.973. The molecule has 1 amide bonds. The van der Waals surface area contributed by atoms with Crippen LogP contribution in [0.5, 0.6) is 0 Å². The van der Waals surface area contributed by atoms with Crippen molar-refractivity contribution < 1.29 is 9.53 Å². The van der Waals surface area contributed by atoms with Crippen molar-refractivity contribution in [1.29, 1.82) is 5.26 Å². The quantitative estimate of drug-likeness (QED) is 0.659. The molecule has 1 aromatic rings. The molecule has 0 aromatic heterocycles. The van der Waals surface area contributed by atoms with Crippen molar-refractivity contribution in [2.45, 2.75) is 0 Å². The van der Waals surface area contributed by atoms with E-state index < -0.39 is 0 Å². The normalized spacial score (nSPS) is 15.5. The zero-order chi connectivity index (χ0) is 14.9. The van der Waals surface area contributed by atoms with Crippen LogP contribution in [0, 0.1) is 11.3 Å². The molecule has 1 N–H and O–H groups in total. The molecule has 0 radical (unpaired) electrons. The highest BCUT2D eigenvalue weighted by Gasteiger charge is 2.12. The van der Waals surface area contributed by atoms with Crippen molar-refractivity contribution in [1.82, 2.24) is 10.2 Å². The number of nitrogens with zero attached hydrogens (tertiary/aromatic N) is 2. The van der Waals surface area contributed by atoms with Gasteiger partial charge < -0.3 is 10.1 Å². The number of carbonyl (C=O) groups is 1. The number of hydrogen-bond acceptors (Lipinski definition) is 4. The third kappa shape index (κ3) is 5.86. The van der Waals surface area contributed by atoms with E-state index >= 15 is 0 Å². The van der Waals surface area contributed by atoms with E-state index in [0.29, 0.717) is 6.54 Å². The topological polar surface area (TPSA) is 65.4 Å². The second kappa shape index (κ2) is 9.96. The van der Waals surface area contributed by atoms with Crippen molar-refractivity contribution in [2.75, 3.05) is 39.4 Å². The highest BCUT2D eigenvalue weighted by atomic mass is 35.5. The van der Waals surface area contributed by atoms with Crippen molar-refractivity contribution in [2.24, 2.45) is 0 Å². The molecule has 0 saturated carbocycles. The standard InChI is InChI=1S/C16H19N3O2.ClH/c17-13-15(12-14-4-2-1-3-5-14)16(20)18-6-7-19-8-10-21-11-9-19;/h1-5,12H,6-11H2,(H,18,20);1H/b15-12+;. The second-order valence-electron chi connectivity index (χ2n) is 4.79. The third-order valence-corrected chi connectivity index (χ3v) is 3.29. The first-order valence-corrected chi connectivity index (χ1v) is 7.05. The first-order valence-electron chi connectivity index (χ1n) is 7.05. The summed E-state index contributed by atoms with van der Waals surface area (Å²) in [4.78, 5) is 14.2. The summed E-state index contributed by atoms with van der Waals surface area (Å²) in [6.07, 6.45) is 1.60. The summed E-state index contributed by atoms with van der Waals surface area (Å²) in [6.45, 7) is 4.57. The highest BCUT2D eigenvalue weighted by molar-refractivity contribution is 6.01. The molecule has 0 aliphatic carbocycles. The predicted octanol–water partition coefficient (Wildman–Crippen LogP) is 1.46. The van der Waals surface area contributed by atoms with Gasteiger partial charge in [-0.3, -0.25) is 9.69 Å². The lowest BCUT2D eigenvalue weighted by atomic mass is 10.1. The maximum absolute atomic E-state index is 12.0. The van der Waals surface area contributed by atoms with Crippen LogP contribution in [0.1, 0.15) is 5.56 Å². The molecule has 1 fully saturated rings. The first kappa shape index (κ1) is 18.2. The van der Waals surface area contributed by atoms with Crippen molar-refractivity contribution >= 4 is 24.4 Å². The fourth-order valence-electron chi connectivity index (χ4n) is 2.11. The van der Waals surface area contributed by atoms with Gasteiger partial charge in [0.1, 0.15) is 11.6 Å². The molecule has 1 aliphatic heterocycles.